The van der Waals surface area contributed by atoms with E-state index in [4.69, 9.17) is 0 Å². The number of para-hydroxylation sites is 1. The molecule has 3 aromatic rings. The second-order valence-electron chi connectivity index (χ2n) is 6.82. The third-order valence-corrected chi connectivity index (χ3v) is 5.51. The van der Waals surface area contributed by atoms with Crippen LogP contribution in [0, 0.1) is 5.82 Å². The van der Waals surface area contributed by atoms with E-state index in [0.29, 0.717) is 17.0 Å². The summed E-state index contributed by atoms with van der Waals surface area (Å²) in [7, 11) is 0. The zero-order chi connectivity index (χ0) is 21.3. The number of amides is 2. The van der Waals surface area contributed by atoms with Crippen molar-refractivity contribution in [1.29, 1.82) is 0 Å². The van der Waals surface area contributed by atoms with Crippen molar-refractivity contribution in [2.24, 2.45) is 0 Å². The van der Waals surface area contributed by atoms with Gasteiger partial charge < -0.3 is 10.6 Å². The first-order valence-corrected chi connectivity index (χ1v) is 10.8. The van der Waals surface area contributed by atoms with Crippen LogP contribution in [0.1, 0.15) is 34.5 Å². The lowest BCUT2D eigenvalue weighted by atomic mass is 10.1. The molecule has 0 aliphatic rings. The first-order chi connectivity index (χ1) is 14.5. The van der Waals surface area contributed by atoms with Crippen LogP contribution in [0.25, 0.3) is 0 Å². The van der Waals surface area contributed by atoms with Gasteiger partial charge in [-0.15, -0.1) is 11.8 Å². The molecule has 2 N–H and O–H groups in total. The van der Waals surface area contributed by atoms with E-state index in [0.717, 1.165) is 11.1 Å². The minimum atomic E-state index is -0.280. The maximum atomic E-state index is 13.0. The van der Waals surface area contributed by atoms with Crippen LogP contribution < -0.4 is 10.6 Å². The minimum absolute atomic E-state index is 0.159. The summed E-state index contributed by atoms with van der Waals surface area (Å²) in [4.78, 5) is 25.1. The van der Waals surface area contributed by atoms with E-state index in [9.17, 15) is 14.0 Å². The Hall–Kier alpha value is -3.12. The van der Waals surface area contributed by atoms with Crippen molar-refractivity contribution in [2.45, 2.75) is 18.7 Å². The molecule has 3 rings (SSSR count). The summed E-state index contributed by atoms with van der Waals surface area (Å²) in [6.45, 7) is 1.92. The number of benzene rings is 3. The highest BCUT2D eigenvalue weighted by molar-refractivity contribution is 7.99. The highest BCUT2D eigenvalue weighted by Gasteiger charge is 2.16. The van der Waals surface area contributed by atoms with Gasteiger partial charge in [-0.3, -0.25) is 9.59 Å². The van der Waals surface area contributed by atoms with Gasteiger partial charge in [-0.25, -0.2) is 4.39 Å². The molecule has 0 saturated carbocycles. The maximum Gasteiger partial charge on any atom is 0.253 e. The number of rotatable bonds is 8. The Morgan fingerprint density at radius 2 is 1.60 bits per heavy atom. The first kappa shape index (κ1) is 21.6. The lowest BCUT2D eigenvalue weighted by molar-refractivity contribution is -0.113. The van der Waals surface area contributed by atoms with Gasteiger partial charge in [0.15, 0.2) is 0 Å². The Kier molecular flexibility index (Phi) is 7.63. The molecule has 0 radical (unpaired) electrons. The van der Waals surface area contributed by atoms with Crippen LogP contribution in [0.5, 0.6) is 0 Å². The molecule has 30 heavy (non-hydrogen) atoms. The maximum absolute atomic E-state index is 13.0. The fourth-order valence-corrected chi connectivity index (χ4v) is 3.71. The topological polar surface area (TPSA) is 58.2 Å². The Morgan fingerprint density at radius 1 is 0.933 bits per heavy atom. The van der Waals surface area contributed by atoms with E-state index >= 15 is 0 Å². The molecule has 0 fully saturated rings. The van der Waals surface area contributed by atoms with E-state index in [-0.39, 0.29) is 29.4 Å². The van der Waals surface area contributed by atoms with Crippen molar-refractivity contribution in [3.8, 4) is 0 Å². The molecule has 0 aliphatic heterocycles. The molecule has 0 aromatic heterocycles. The predicted octanol–water partition coefficient (Wildman–Crippen LogP) is 5.19. The molecule has 0 saturated heterocycles. The van der Waals surface area contributed by atoms with E-state index in [1.165, 1.54) is 23.9 Å². The van der Waals surface area contributed by atoms with Crippen LogP contribution in [0.2, 0.25) is 0 Å². The van der Waals surface area contributed by atoms with Gasteiger partial charge in [-0.1, -0.05) is 54.6 Å². The molecule has 6 heteroatoms. The Morgan fingerprint density at radius 3 is 2.33 bits per heavy atom. The smallest absolute Gasteiger partial charge is 0.253 e. The lowest BCUT2D eigenvalue weighted by Crippen LogP contribution is -2.28. The fraction of sp³-hybridized carbons (Fsp3) is 0.167. The zero-order valence-corrected chi connectivity index (χ0v) is 17.4. The molecule has 3 aromatic carbocycles. The summed E-state index contributed by atoms with van der Waals surface area (Å²) in [6, 6.07) is 22.7. The summed E-state index contributed by atoms with van der Waals surface area (Å²) in [5.41, 5.74) is 2.84. The van der Waals surface area contributed by atoms with Gasteiger partial charge >= 0.3 is 0 Å². The van der Waals surface area contributed by atoms with Crippen molar-refractivity contribution in [1.82, 2.24) is 5.32 Å². The molecule has 154 valence electrons. The zero-order valence-electron chi connectivity index (χ0n) is 16.6. The van der Waals surface area contributed by atoms with E-state index in [1.54, 1.807) is 36.4 Å². The van der Waals surface area contributed by atoms with Gasteiger partial charge in [0.2, 0.25) is 5.91 Å². The monoisotopic (exact) mass is 422 g/mol. The quantitative estimate of drug-likeness (QED) is 0.525. The normalized spacial score (nSPS) is 11.5. The van der Waals surface area contributed by atoms with Gasteiger partial charge in [0, 0.05) is 5.75 Å². The second-order valence-corrected chi connectivity index (χ2v) is 7.80. The number of anilines is 1. The first-order valence-electron chi connectivity index (χ1n) is 9.60. The molecular formula is C24H23FN2O2S. The highest BCUT2D eigenvalue weighted by atomic mass is 32.2. The number of hydrogen-bond acceptors (Lipinski definition) is 3. The van der Waals surface area contributed by atoms with Crippen LogP contribution in [0.3, 0.4) is 0 Å². The predicted molar refractivity (Wildman–Crippen MR) is 120 cm³/mol. The molecule has 0 bridgehead atoms. The lowest BCUT2D eigenvalue weighted by Gasteiger charge is -2.16. The summed E-state index contributed by atoms with van der Waals surface area (Å²) in [6.07, 6.45) is 0. The minimum Gasteiger partial charge on any atom is -0.345 e. The van der Waals surface area contributed by atoms with Crippen LogP contribution in [-0.4, -0.2) is 17.6 Å². The number of carbonyl (C=O) groups excluding carboxylic acids is 2. The van der Waals surface area contributed by atoms with Gasteiger partial charge in [-0.2, -0.15) is 0 Å². The molecular weight excluding hydrogens is 399 g/mol. The van der Waals surface area contributed by atoms with Gasteiger partial charge in [0.05, 0.1) is 23.0 Å². The molecule has 2 amide bonds. The largest absolute Gasteiger partial charge is 0.345 e. The molecule has 4 nitrogen and oxygen atoms in total. The number of carbonyl (C=O) groups is 2. The molecule has 0 aliphatic carbocycles. The Balaban J connectivity index is 1.56. The van der Waals surface area contributed by atoms with Crippen molar-refractivity contribution in [3.63, 3.8) is 0 Å². The SMILES string of the molecule is CC(NC(=O)c1ccccc1NC(=O)CSCc1ccc(F)cc1)c1ccccc1. The summed E-state index contributed by atoms with van der Waals surface area (Å²) < 4.78 is 13.0. The standard InChI is InChI=1S/C24H23FN2O2S/c1-17(19-7-3-2-4-8-19)26-24(29)21-9-5-6-10-22(21)27-23(28)16-30-15-18-11-13-20(25)14-12-18/h2-14,17H,15-16H2,1H3,(H,26,29)(H,27,28). The average Bonchev–Trinajstić information content (AvgIpc) is 2.76. The fourth-order valence-electron chi connectivity index (χ4n) is 2.92. The van der Waals surface area contributed by atoms with Crippen molar-refractivity contribution >= 4 is 29.3 Å². The van der Waals surface area contributed by atoms with E-state index in [2.05, 4.69) is 10.6 Å². The highest BCUT2D eigenvalue weighted by Crippen LogP contribution is 2.19. The number of hydrogen-bond donors (Lipinski definition) is 2. The molecule has 1 unspecified atom stereocenters. The Labute approximate surface area is 179 Å². The van der Waals surface area contributed by atoms with Crippen molar-refractivity contribution < 1.29 is 14.0 Å². The number of thioether (sulfide) groups is 1. The summed E-state index contributed by atoms with van der Waals surface area (Å²) in [5, 5.41) is 5.79. The van der Waals surface area contributed by atoms with E-state index in [1.807, 2.05) is 37.3 Å². The van der Waals surface area contributed by atoms with Crippen LogP contribution >= 0.6 is 11.8 Å². The number of nitrogens with one attached hydrogen (secondary N) is 2. The molecule has 0 heterocycles. The van der Waals surface area contributed by atoms with Crippen LogP contribution in [-0.2, 0) is 10.5 Å². The third kappa shape index (κ3) is 6.19. The van der Waals surface area contributed by atoms with Crippen LogP contribution in [0.4, 0.5) is 10.1 Å². The second kappa shape index (κ2) is 10.6. The van der Waals surface area contributed by atoms with Crippen LogP contribution in [0.15, 0.2) is 78.9 Å². The summed E-state index contributed by atoms with van der Waals surface area (Å²) >= 11 is 1.43. The third-order valence-electron chi connectivity index (χ3n) is 4.51. The Bertz CT molecular complexity index is 994. The van der Waals surface area contributed by atoms with Crippen molar-refractivity contribution in [2.75, 3.05) is 11.1 Å². The number of halogens is 1. The summed E-state index contributed by atoms with van der Waals surface area (Å²) in [5.74, 6) is 0.107. The molecule has 1 atom stereocenters. The van der Waals surface area contributed by atoms with Gasteiger partial charge in [0.1, 0.15) is 5.82 Å². The average molecular weight is 423 g/mol. The van der Waals surface area contributed by atoms with Crippen molar-refractivity contribution in [3.05, 3.63) is 101 Å². The van der Waals surface area contributed by atoms with E-state index < -0.39 is 0 Å². The molecule has 0 spiro atoms. The van der Waals surface area contributed by atoms with Gasteiger partial charge in [-0.05, 0) is 42.3 Å². The van der Waals surface area contributed by atoms with Gasteiger partial charge in [0.25, 0.3) is 5.91 Å².